The van der Waals surface area contributed by atoms with Crippen LogP contribution in [0.25, 0.3) is 0 Å². The van der Waals surface area contributed by atoms with E-state index in [1.807, 2.05) is 20.8 Å². The lowest BCUT2D eigenvalue weighted by Crippen LogP contribution is -2.48. The predicted octanol–water partition coefficient (Wildman–Crippen LogP) is 1.06. The van der Waals surface area contributed by atoms with E-state index in [-0.39, 0.29) is 11.3 Å². The van der Waals surface area contributed by atoms with Gasteiger partial charge in [-0.25, -0.2) is 0 Å². The zero-order valence-electron chi connectivity index (χ0n) is 8.63. The number of rotatable bonds is 2. The second-order valence-electron chi connectivity index (χ2n) is 4.90. The summed E-state index contributed by atoms with van der Waals surface area (Å²) in [5.74, 6) is -0.225. The zero-order valence-corrected chi connectivity index (χ0v) is 8.63. The van der Waals surface area contributed by atoms with Gasteiger partial charge in [0.2, 0.25) is 5.91 Å². The van der Waals surface area contributed by atoms with E-state index in [1.54, 1.807) is 0 Å². The predicted molar refractivity (Wildman–Crippen MR) is 51.2 cm³/mol. The van der Waals surface area contributed by atoms with Gasteiger partial charge in [0, 0.05) is 6.04 Å². The van der Waals surface area contributed by atoms with Crippen LogP contribution in [0.5, 0.6) is 0 Å². The number of aliphatic hydroxyl groups is 1. The number of aliphatic hydroxyl groups excluding tert-OH is 1. The molecule has 13 heavy (non-hydrogen) atoms. The van der Waals surface area contributed by atoms with Crippen molar-refractivity contribution in [3.63, 3.8) is 0 Å². The Kier molecular flexibility index (Phi) is 2.96. The fourth-order valence-electron chi connectivity index (χ4n) is 1.23. The summed E-state index contributed by atoms with van der Waals surface area (Å²) in [5, 5.41) is 12.4. The van der Waals surface area contributed by atoms with Crippen molar-refractivity contribution in [3.8, 4) is 0 Å². The van der Waals surface area contributed by atoms with Gasteiger partial charge in [-0.3, -0.25) is 4.79 Å². The van der Waals surface area contributed by atoms with E-state index >= 15 is 0 Å². The average Bonchev–Trinajstić information content (AvgIpc) is 1.93. The SMILES string of the molecule is CC(C)(C)C(O)C(=O)NC1CCC1. The van der Waals surface area contributed by atoms with Crippen molar-refractivity contribution in [1.29, 1.82) is 0 Å². The monoisotopic (exact) mass is 185 g/mol. The molecule has 2 N–H and O–H groups in total. The maximum Gasteiger partial charge on any atom is 0.249 e. The van der Waals surface area contributed by atoms with E-state index in [0.717, 1.165) is 12.8 Å². The summed E-state index contributed by atoms with van der Waals surface area (Å²) in [7, 11) is 0. The molecule has 1 saturated carbocycles. The van der Waals surface area contributed by atoms with Crippen LogP contribution in [0.1, 0.15) is 40.0 Å². The first kappa shape index (κ1) is 10.5. The molecule has 0 saturated heterocycles. The normalized spacial score (nSPS) is 20.6. The number of carbonyl (C=O) groups excluding carboxylic acids is 1. The highest BCUT2D eigenvalue weighted by molar-refractivity contribution is 5.81. The Bertz CT molecular complexity index is 192. The molecule has 0 radical (unpaired) electrons. The summed E-state index contributed by atoms with van der Waals surface area (Å²) in [6.45, 7) is 5.58. The van der Waals surface area contributed by atoms with Crippen LogP contribution in [0.3, 0.4) is 0 Å². The fourth-order valence-corrected chi connectivity index (χ4v) is 1.23. The maximum absolute atomic E-state index is 11.4. The van der Waals surface area contributed by atoms with Crippen LogP contribution in [0.4, 0.5) is 0 Å². The molecule has 1 aliphatic carbocycles. The van der Waals surface area contributed by atoms with E-state index in [2.05, 4.69) is 5.32 Å². The van der Waals surface area contributed by atoms with Gasteiger partial charge in [0.25, 0.3) is 0 Å². The van der Waals surface area contributed by atoms with Gasteiger partial charge in [0.1, 0.15) is 6.10 Å². The van der Waals surface area contributed by atoms with Crippen LogP contribution >= 0.6 is 0 Å². The topological polar surface area (TPSA) is 49.3 Å². The molecule has 1 fully saturated rings. The Balaban J connectivity index is 2.37. The number of carbonyl (C=O) groups is 1. The minimum absolute atomic E-state index is 0.225. The lowest BCUT2D eigenvalue weighted by atomic mass is 9.87. The van der Waals surface area contributed by atoms with E-state index < -0.39 is 6.10 Å². The van der Waals surface area contributed by atoms with Crippen LogP contribution in [0, 0.1) is 5.41 Å². The van der Waals surface area contributed by atoms with Crippen molar-refractivity contribution in [2.24, 2.45) is 5.41 Å². The highest BCUT2D eigenvalue weighted by Crippen LogP contribution is 2.22. The van der Waals surface area contributed by atoms with Gasteiger partial charge in [-0.2, -0.15) is 0 Å². The minimum atomic E-state index is -0.895. The Hall–Kier alpha value is -0.570. The molecular formula is C10H19NO2. The van der Waals surface area contributed by atoms with Gasteiger partial charge < -0.3 is 10.4 Å². The van der Waals surface area contributed by atoms with Gasteiger partial charge in [0.15, 0.2) is 0 Å². The van der Waals surface area contributed by atoms with Gasteiger partial charge in [0.05, 0.1) is 0 Å². The average molecular weight is 185 g/mol. The van der Waals surface area contributed by atoms with Gasteiger partial charge in [-0.05, 0) is 24.7 Å². The highest BCUT2D eigenvalue weighted by atomic mass is 16.3. The highest BCUT2D eigenvalue weighted by Gasteiger charge is 2.31. The summed E-state index contributed by atoms with van der Waals surface area (Å²) in [4.78, 5) is 11.4. The van der Waals surface area contributed by atoms with Crippen molar-refractivity contribution >= 4 is 5.91 Å². The van der Waals surface area contributed by atoms with Gasteiger partial charge in [-0.1, -0.05) is 20.8 Å². The summed E-state index contributed by atoms with van der Waals surface area (Å²) in [5.41, 5.74) is -0.367. The molecule has 1 rings (SSSR count). The van der Waals surface area contributed by atoms with Crippen molar-refractivity contribution in [2.75, 3.05) is 0 Å². The quantitative estimate of drug-likeness (QED) is 0.676. The molecule has 0 bridgehead atoms. The van der Waals surface area contributed by atoms with Crippen molar-refractivity contribution in [2.45, 2.75) is 52.2 Å². The van der Waals surface area contributed by atoms with Gasteiger partial charge in [-0.15, -0.1) is 0 Å². The number of hydrogen-bond acceptors (Lipinski definition) is 2. The molecule has 1 aliphatic rings. The van der Waals surface area contributed by atoms with Crippen molar-refractivity contribution < 1.29 is 9.90 Å². The second kappa shape index (κ2) is 3.66. The van der Waals surface area contributed by atoms with E-state index in [0.29, 0.717) is 6.04 Å². The second-order valence-corrected chi connectivity index (χ2v) is 4.90. The molecule has 0 heterocycles. The smallest absolute Gasteiger partial charge is 0.249 e. The van der Waals surface area contributed by atoms with Crippen LogP contribution in [-0.2, 0) is 4.79 Å². The number of amides is 1. The first-order valence-corrected chi connectivity index (χ1v) is 4.89. The number of hydrogen-bond donors (Lipinski definition) is 2. The lowest BCUT2D eigenvalue weighted by molar-refractivity contribution is -0.135. The molecular weight excluding hydrogens is 166 g/mol. The van der Waals surface area contributed by atoms with Crippen LogP contribution < -0.4 is 5.32 Å². The Morgan fingerprint density at radius 3 is 2.31 bits per heavy atom. The fraction of sp³-hybridized carbons (Fsp3) is 0.900. The van der Waals surface area contributed by atoms with Crippen molar-refractivity contribution in [1.82, 2.24) is 5.32 Å². The van der Waals surface area contributed by atoms with Crippen LogP contribution in [-0.4, -0.2) is 23.2 Å². The zero-order chi connectivity index (χ0) is 10.1. The molecule has 0 aromatic rings. The Morgan fingerprint density at radius 1 is 1.46 bits per heavy atom. The molecule has 3 heteroatoms. The standard InChI is InChI=1S/C10H19NO2/c1-10(2,3)8(12)9(13)11-7-5-4-6-7/h7-8,12H,4-6H2,1-3H3,(H,11,13). The summed E-state index contributed by atoms with van der Waals surface area (Å²) in [6, 6.07) is 0.310. The molecule has 0 aliphatic heterocycles. The first-order valence-electron chi connectivity index (χ1n) is 4.89. The largest absolute Gasteiger partial charge is 0.383 e. The molecule has 1 atom stereocenters. The minimum Gasteiger partial charge on any atom is -0.383 e. The molecule has 0 aromatic heterocycles. The maximum atomic E-state index is 11.4. The van der Waals surface area contributed by atoms with Crippen LogP contribution in [0.2, 0.25) is 0 Å². The summed E-state index contributed by atoms with van der Waals surface area (Å²) < 4.78 is 0. The summed E-state index contributed by atoms with van der Waals surface area (Å²) in [6.07, 6.45) is 2.41. The van der Waals surface area contributed by atoms with Gasteiger partial charge >= 0.3 is 0 Å². The van der Waals surface area contributed by atoms with Crippen molar-refractivity contribution in [3.05, 3.63) is 0 Å². The molecule has 3 nitrogen and oxygen atoms in total. The van der Waals surface area contributed by atoms with E-state index in [4.69, 9.17) is 0 Å². The Labute approximate surface area is 79.5 Å². The molecule has 76 valence electrons. The third kappa shape index (κ3) is 2.69. The third-order valence-corrected chi connectivity index (χ3v) is 2.52. The molecule has 1 unspecified atom stereocenters. The van der Waals surface area contributed by atoms with E-state index in [9.17, 15) is 9.90 Å². The van der Waals surface area contributed by atoms with E-state index in [1.165, 1.54) is 6.42 Å². The molecule has 0 aromatic carbocycles. The number of nitrogens with one attached hydrogen (secondary N) is 1. The van der Waals surface area contributed by atoms with Crippen LogP contribution in [0.15, 0.2) is 0 Å². The summed E-state index contributed by atoms with van der Waals surface area (Å²) >= 11 is 0. The Morgan fingerprint density at radius 2 is 2.00 bits per heavy atom. The first-order chi connectivity index (χ1) is 5.91. The molecule has 1 amide bonds. The molecule has 0 spiro atoms. The third-order valence-electron chi connectivity index (χ3n) is 2.52. The lowest BCUT2D eigenvalue weighted by Gasteiger charge is -2.31.